The van der Waals surface area contributed by atoms with Gasteiger partial charge in [-0.05, 0) is 41.0 Å². The molecule has 15 heavy (non-hydrogen) atoms. The molecule has 1 aromatic carbocycles. The Labute approximate surface area is 97.0 Å². The molecule has 0 bridgehead atoms. The third-order valence-corrected chi connectivity index (χ3v) is 3.01. The molecule has 1 rings (SSSR count). The van der Waals surface area contributed by atoms with E-state index in [2.05, 4.69) is 28.2 Å². The van der Waals surface area contributed by atoms with Gasteiger partial charge in [0.05, 0.1) is 4.47 Å². The van der Waals surface area contributed by atoms with Crippen LogP contribution in [0.25, 0.3) is 0 Å². The normalized spacial score (nSPS) is 10.7. The molecular weight excluding hydrogens is 264 g/mol. The average molecular weight is 278 g/mol. The van der Waals surface area contributed by atoms with Crippen LogP contribution >= 0.6 is 15.9 Å². The first kappa shape index (κ1) is 12.6. The fraction of sp³-hybridized carbons (Fsp3) is 0.455. The highest BCUT2D eigenvalue weighted by Gasteiger charge is 2.10. The zero-order valence-electron chi connectivity index (χ0n) is 8.62. The summed E-state index contributed by atoms with van der Waals surface area (Å²) in [6.45, 7) is 3.25. The smallest absolute Gasteiger partial charge is 0.137 e. The second-order valence-electron chi connectivity index (χ2n) is 3.35. The van der Waals surface area contributed by atoms with Crippen LogP contribution in [0, 0.1) is 11.6 Å². The first-order valence-electron chi connectivity index (χ1n) is 5.00. The van der Waals surface area contributed by atoms with E-state index in [9.17, 15) is 8.78 Å². The highest BCUT2D eigenvalue weighted by molar-refractivity contribution is 9.10. The van der Waals surface area contributed by atoms with Gasteiger partial charge in [0.1, 0.15) is 11.6 Å². The Morgan fingerprint density at radius 2 is 1.93 bits per heavy atom. The Morgan fingerprint density at radius 3 is 2.60 bits per heavy atom. The first-order valence-corrected chi connectivity index (χ1v) is 5.79. The van der Waals surface area contributed by atoms with Crippen LogP contribution in [0.3, 0.4) is 0 Å². The van der Waals surface area contributed by atoms with E-state index in [0.717, 1.165) is 31.5 Å². The van der Waals surface area contributed by atoms with Gasteiger partial charge in [-0.3, -0.25) is 0 Å². The van der Waals surface area contributed by atoms with Gasteiger partial charge in [-0.25, -0.2) is 8.78 Å². The Morgan fingerprint density at radius 1 is 1.27 bits per heavy atom. The van der Waals surface area contributed by atoms with Crippen LogP contribution in [0.15, 0.2) is 16.6 Å². The summed E-state index contributed by atoms with van der Waals surface area (Å²) in [4.78, 5) is 0. The Bertz CT molecular complexity index is 329. The van der Waals surface area contributed by atoms with Crippen molar-refractivity contribution in [1.82, 2.24) is 5.32 Å². The summed E-state index contributed by atoms with van der Waals surface area (Å²) in [5.74, 6) is -0.809. The van der Waals surface area contributed by atoms with Crippen molar-refractivity contribution >= 4 is 15.9 Å². The van der Waals surface area contributed by atoms with Gasteiger partial charge in [-0.15, -0.1) is 0 Å². The summed E-state index contributed by atoms with van der Waals surface area (Å²) in [6, 6.07) is 2.27. The van der Waals surface area contributed by atoms with E-state index >= 15 is 0 Å². The molecule has 0 aliphatic carbocycles. The number of rotatable bonds is 5. The maximum Gasteiger partial charge on any atom is 0.137 e. The van der Waals surface area contributed by atoms with E-state index in [4.69, 9.17) is 0 Å². The van der Waals surface area contributed by atoms with Crippen molar-refractivity contribution in [2.75, 3.05) is 6.54 Å². The summed E-state index contributed by atoms with van der Waals surface area (Å²) in [6.07, 6.45) is 2.12. The van der Waals surface area contributed by atoms with Crippen molar-refractivity contribution in [3.05, 3.63) is 33.8 Å². The van der Waals surface area contributed by atoms with Gasteiger partial charge in [-0.2, -0.15) is 0 Å². The number of halogens is 3. The number of unbranched alkanes of at least 4 members (excludes halogenated alkanes) is 1. The molecule has 0 saturated heterocycles. The van der Waals surface area contributed by atoms with Crippen LogP contribution in [0.5, 0.6) is 0 Å². The number of hydrogen-bond donors (Lipinski definition) is 1. The topological polar surface area (TPSA) is 12.0 Å². The summed E-state index contributed by atoms with van der Waals surface area (Å²) < 4.78 is 26.6. The molecule has 84 valence electrons. The standard InChI is InChI=1S/C11H14BrF2N/c1-2-3-6-15-7-8-9(13)4-5-10(14)11(8)12/h4-5,15H,2-3,6-7H2,1H3. The Hall–Kier alpha value is -0.480. The lowest BCUT2D eigenvalue weighted by Crippen LogP contribution is -2.16. The van der Waals surface area contributed by atoms with Gasteiger partial charge in [0.2, 0.25) is 0 Å². The predicted molar refractivity (Wildman–Crippen MR) is 60.7 cm³/mol. The molecule has 0 saturated carbocycles. The van der Waals surface area contributed by atoms with Crippen molar-refractivity contribution in [2.24, 2.45) is 0 Å². The zero-order chi connectivity index (χ0) is 11.3. The first-order chi connectivity index (χ1) is 7.16. The summed E-state index contributed by atoms with van der Waals surface area (Å²) in [7, 11) is 0. The SMILES string of the molecule is CCCCNCc1c(F)ccc(F)c1Br. The number of benzene rings is 1. The van der Waals surface area contributed by atoms with E-state index in [1.807, 2.05) is 0 Å². The molecule has 0 fully saturated rings. The third-order valence-electron chi connectivity index (χ3n) is 2.15. The molecule has 0 aliphatic heterocycles. The minimum absolute atomic E-state index is 0.214. The third kappa shape index (κ3) is 3.54. The largest absolute Gasteiger partial charge is 0.313 e. The van der Waals surface area contributed by atoms with E-state index < -0.39 is 5.82 Å². The molecule has 0 heterocycles. The molecule has 0 radical (unpaired) electrons. The summed E-state index contributed by atoms with van der Waals surface area (Å²) >= 11 is 3.05. The second kappa shape index (κ2) is 6.18. The van der Waals surface area contributed by atoms with Crippen molar-refractivity contribution in [3.8, 4) is 0 Å². The van der Waals surface area contributed by atoms with Crippen LogP contribution < -0.4 is 5.32 Å². The number of hydrogen-bond acceptors (Lipinski definition) is 1. The lowest BCUT2D eigenvalue weighted by Gasteiger charge is -2.08. The van der Waals surface area contributed by atoms with E-state index in [0.29, 0.717) is 12.1 Å². The molecule has 0 spiro atoms. The molecule has 0 aliphatic rings. The second-order valence-corrected chi connectivity index (χ2v) is 4.15. The molecule has 1 nitrogen and oxygen atoms in total. The molecule has 4 heteroatoms. The quantitative estimate of drug-likeness (QED) is 0.640. The van der Waals surface area contributed by atoms with Crippen molar-refractivity contribution in [1.29, 1.82) is 0 Å². The van der Waals surface area contributed by atoms with E-state index in [1.165, 1.54) is 0 Å². The van der Waals surface area contributed by atoms with Crippen LogP contribution in [-0.4, -0.2) is 6.54 Å². The molecule has 0 atom stereocenters. The number of nitrogens with one attached hydrogen (secondary N) is 1. The molecule has 1 N–H and O–H groups in total. The molecule has 0 unspecified atom stereocenters. The summed E-state index contributed by atoms with van der Waals surface area (Å²) in [5, 5.41) is 3.07. The van der Waals surface area contributed by atoms with Gasteiger partial charge in [-0.1, -0.05) is 13.3 Å². The fourth-order valence-electron chi connectivity index (χ4n) is 1.25. The van der Waals surface area contributed by atoms with Crippen LogP contribution in [0.2, 0.25) is 0 Å². The highest BCUT2D eigenvalue weighted by Crippen LogP contribution is 2.23. The molecule has 0 amide bonds. The average Bonchev–Trinajstić information content (AvgIpc) is 2.23. The lowest BCUT2D eigenvalue weighted by atomic mass is 10.2. The predicted octanol–water partition coefficient (Wildman–Crippen LogP) is 3.62. The fourth-order valence-corrected chi connectivity index (χ4v) is 1.71. The summed E-state index contributed by atoms with van der Waals surface area (Å²) in [5.41, 5.74) is 0.353. The van der Waals surface area contributed by atoms with Crippen LogP contribution in [-0.2, 0) is 6.54 Å². The van der Waals surface area contributed by atoms with Crippen molar-refractivity contribution in [3.63, 3.8) is 0 Å². The minimum atomic E-state index is -0.427. The maximum atomic E-state index is 13.3. The lowest BCUT2D eigenvalue weighted by molar-refractivity contribution is 0.558. The van der Waals surface area contributed by atoms with Crippen LogP contribution in [0.1, 0.15) is 25.3 Å². The van der Waals surface area contributed by atoms with Gasteiger partial charge in [0.25, 0.3) is 0 Å². The van der Waals surface area contributed by atoms with Gasteiger partial charge < -0.3 is 5.32 Å². The van der Waals surface area contributed by atoms with Gasteiger partial charge >= 0.3 is 0 Å². The zero-order valence-corrected chi connectivity index (χ0v) is 10.2. The van der Waals surface area contributed by atoms with Crippen molar-refractivity contribution < 1.29 is 8.78 Å². The molecule has 1 aromatic rings. The van der Waals surface area contributed by atoms with Gasteiger partial charge in [0, 0.05) is 12.1 Å². The molecule has 0 aromatic heterocycles. The maximum absolute atomic E-state index is 13.3. The van der Waals surface area contributed by atoms with Crippen LogP contribution in [0.4, 0.5) is 8.78 Å². The Balaban J connectivity index is 2.63. The van der Waals surface area contributed by atoms with E-state index in [-0.39, 0.29) is 10.3 Å². The minimum Gasteiger partial charge on any atom is -0.313 e. The van der Waals surface area contributed by atoms with Crippen molar-refractivity contribution in [2.45, 2.75) is 26.3 Å². The van der Waals surface area contributed by atoms with E-state index in [1.54, 1.807) is 0 Å². The van der Waals surface area contributed by atoms with Gasteiger partial charge in [0.15, 0.2) is 0 Å². The monoisotopic (exact) mass is 277 g/mol. The highest BCUT2D eigenvalue weighted by atomic mass is 79.9. The molecular formula is C11H14BrF2N. The Kier molecular flexibility index (Phi) is 5.19.